The fourth-order valence-corrected chi connectivity index (χ4v) is 3.24. The third-order valence-corrected chi connectivity index (χ3v) is 4.67. The minimum atomic E-state index is -0.925. The van der Waals surface area contributed by atoms with Crippen molar-refractivity contribution in [1.82, 2.24) is 4.90 Å². The highest BCUT2D eigenvalue weighted by Crippen LogP contribution is 2.24. The molecule has 0 radical (unpaired) electrons. The summed E-state index contributed by atoms with van der Waals surface area (Å²) in [5.41, 5.74) is 2.20. The number of nitrogens with one attached hydrogen (secondary N) is 1. The summed E-state index contributed by atoms with van der Waals surface area (Å²) in [5, 5.41) is 2.62. The Morgan fingerprint density at radius 3 is 2.64 bits per heavy atom. The van der Waals surface area contributed by atoms with Gasteiger partial charge in [-0.2, -0.15) is 0 Å². The summed E-state index contributed by atoms with van der Waals surface area (Å²) in [7, 11) is 0. The summed E-state index contributed by atoms with van der Waals surface area (Å²) >= 11 is 0. The van der Waals surface area contributed by atoms with Gasteiger partial charge in [0.1, 0.15) is 11.6 Å². The lowest BCUT2D eigenvalue weighted by Gasteiger charge is -2.28. The molecule has 2 amide bonds. The lowest BCUT2D eigenvalue weighted by molar-refractivity contribution is 0.0702. The molecular formula is C21H16F2N2O3. The van der Waals surface area contributed by atoms with E-state index in [2.05, 4.69) is 5.32 Å². The zero-order valence-electron chi connectivity index (χ0n) is 14.7. The Kier molecular flexibility index (Phi) is 4.65. The van der Waals surface area contributed by atoms with Gasteiger partial charge in [0.25, 0.3) is 11.8 Å². The van der Waals surface area contributed by atoms with Gasteiger partial charge in [-0.3, -0.25) is 9.59 Å². The molecule has 0 saturated carbocycles. The number of amides is 2. The second kappa shape index (κ2) is 7.26. The SMILES string of the molecule is O=C(Nc1ccc2c(c1)CN(C(=O)c1ccco1)CC2)c1ccc(F)cc1F. The molecule has 1 aliphatic heterocycles. The summed E-state index contributed by atoms with van der Waals surface area (Å²) in [6.07, 6.45) is 2.13. The minimum absolute atomic E-state index is 0.196. The number of nitrogens with zero attached hydrogens (tertiary/aromatic N) is 1. The van der Waals surface area contributed by atoms with Crippen LogP contribution >= 0.6 is 0 Å². The van der Waals surface area contributed by atoms with Gasteiger partial charge < -0.3 is 14.6 Å². The molecule has 28 heavy (non-hydrogen) atoms. The third-order valence-electron chi connectivity index (χ3n) is 4.67. The van der Waals surface area contributed by atoms with Gasteiger partial charge in [-0.25, -0.2) is 8.78 Å². The first kappa shape index (κ1) is 17.9. The van der Waals surface area contributed by atoms with Gasteiger partial charge in [-0.1, -0.05) is 6.07 Å². The molecule has 0 aliphatic carbocycles. The number of rotatable bonds is 3. The fourth-order valence-electron chi connectivity index (χ4n) is 3.24. The Balaban J connectivity index is 1.51. The van der Waals surface area contributed by atoms with Crippen LogP contribution in [0.5, 0.6) is 0 Å². The van der Waals surface area contributed by atoms with E-state index in [0.717, 1.165) is 23.3 Å². The lowest BCUT2D eigenvalue weighted by Crippen LogP contribution is -2.35. The smallest absolute Gasteiger partial charge is 0.289 e. The summed E-state index contributed by atoms with van der Waals surface area (Å²) in [5.74, 6) is -2.26. The van der Waals surface area contributed by atoms with Crippen LogP contribution in [0, 0.1) is 11.6 Å². The second-order valence-electron chi connectivity index (χ2n) is 6.52. The van der Waals surface area contributed by atoms with Crippen molar-refractivity contribution in [2.24, 2.45) is 0 Å². The predicted octanol–water partition coefficient (Wildman–Crippen LogP) is 4.01. The van der Waals surface area contributed by atoms with E-state index in [1.807, 2.05) is 6.07 Å². The van der Waals surface area contributed by atoms with Crippen molar-refractivity contribution in [3.8, 4) is 0 Å². The van der Waals surface area contributed by atoms with Crippen LogP contribution in [0.3, 0.4) is 0 Å². The zero-order valence-corrected chi connectivity index (χ0v) is 14.7. The van der Waals surface area contributed by atoms with Crippen LogP contribution in [0.4, 0.5) is 14.5 Å². The fraction of sp³-hybridized carbons (Fsp3) is 0.143. The predicted molar refractivity (Wildman–Crippen MR) is 97.9 cm³/mol. The highest BCUT2D eigenvalue weighted by atomic mass is 19.1. The van der Waals surface area contributed by atoms with E-state index in [-0.39, 0.29) is 17.2 Å². The second-order valence-corrected chi connectivity index (χ2v) is 6.52. The minimum Gasteiger partial charge on any atom is -0.459 e. The van der Waals surface area contributed by atoms with E-state index in [1.165, 1.54) is 6.26 Å². The maximum atomic E-state index is 13.8. The third kappa shape index (κ3) is 3.51. The average molecular weight is 382 g/mol. The van der Waals surface area contributed by atoms with Gasteiger partial charge >= 0.3 is 0 Å². The van der Waals surface area contributed by atoms with Gasteiger partial charge in [-0.15, -0.1) is 0 Å². The number of fused-ring (bicyclic) bond motifs is 1. The van der Waals surface area contributed by atoms with Crippen LogP contribution in [0.2, 0.25) is 0 Å². The van der Waals surface area contributed by atoms with E-state index in [4.69, 9.17) is 4.42 Å². The molecular weight excluding hydrogens is 366 g/mol. The summed E-state index contributed by atoms with van der Waals surface area (Å²) < 4.78 is 32.0. The molecule has 0 saturated heterocycles. The summed E-state index contributed by atoms with van der Waals surface area (Å²) in [6, 6.07) is 11.4. The van der Waals surface area contributed by atoms with Crippen LogP contribution < -0.4 is 5.32 Å². The maximum Gasteiger partial charge on any atom is 0.289 e. The van der Waals surface area contributed by atoms with Gasteiger partial charge in [0.2, 0.25) is 0 Å². The molecule has 5 nitrogen and oxygen atoms in total. The Morgan fingerprint density at radius 2 is 1.89 bits per heavy atom. The van der Waals surface area contributed by atoms with Gasteiger partial charge in [0.15, 0.2) is 5.76 Å². The topological polar surface area (TPSA) is 62.6 Å². The Morgan fingerprint density at radius 1 is 1.04 bits per heavy atom. The standard InChI is InChI=1S/C21H16F2N2O3/c22-15-4-6-17(18(23)11-15)20(26)24-16-5-3-13-7-8-25(12-14(13)10-16)21(27)19-2-1-9-28-19/h1-6,9-11H,7-8,12H2,(H,24,26). The van der Waals surface area contributed by atoms with Crippen LogP contribution in [0.15, 0.2) is 59.2 Å². The number of hydrogen-bond acceptors (Lipinski definition) is 3. The monoisotopic (exact) mass is 382 g/mol. The lowest BCUT2D eigenvalue weighted by atomic mass is 9.98. The maximum absolute atomic E-state index is 13.8. The Hall–Kier alpha value is -3.48. The molecule has 0 fully saturated rings. The molecule has 2 aromatic carbocycles. The Bertz CT molecular complexity index is 1050. The molecule has 1 aliphatic rings. The highest BCUT2D eigenvalue weighted by Gasteiger charge is 2.24. The first-order valence-corrected chi connectivity index (χ1v) is 8.72. The van der Waals surface area contributed by atoms with Crippen molar-refractivity contribution in [2.45, 2.75) is 13.0 Å². The van der Waals surface area contributed by atoms with Crippen molar-refractivity contribution in [2.75, 3.05) is 11.9 Å². The van der Waals surface area contributed by atoms with E-state index in [9.17, 15) is 18.4 Å². The van der Waals surface area contributed by atoms with Crippen LogP contribution in [0.1, 0.15) is 32.0 Å². The molecule has 0 spiro atoms. The molecule has 3 aromatic rings. The Labute approximate surface area is 159 Å². The first-order valence-electron chi connectivity index (χ1n) is 8.72. The number of anilines is 1. The number of carbonyl (C=O) groups excluding carboxylic acids is 2. The molecule has 4 rings (SSSR count). The van der Waals surface area contributed by atoms with Crippen LogP contribution in [-0.4, -0.2) is 23.3 Å². The van der Waals surface area contributed by atoms with E-state index in [1.54, 1.807) is 29.2 Å². The number of carbonyl (C=O) groups is 2. The molecule has 142 valence electrons. The van der Waals surface area contributed by atoms with E-state index < -0.39 is 17.5 Å². The molecule has 0 atom stereocenters. The average Bonchev–Trinajstić information content (AvgIpc) is 3.21. The van der Waals surface area contributed by atoms with Crippen LogP contribution in [0.25, 0.3) is 0 Å². The van der Waals surface area contributed by atoms with Crippen molar-refractivity contribution in [3.05, 3.63) is 88.9 Å². The quantitative estimate of drug-likeness (QED) is 0.745. The van der Waals surface area contributed by atoms with Crippen molar-refractivity contribution in [1.29, 1.82) is 0 Å². The largest absolute Gasteiger partial charge is 0.459 e. The first-order chi connectivity index (χ1) is 13.5. The van der Waals surface area contributed by atoms with Gasteiger partial charge in [0, 0.05) is 24.8 Å². The molecule has 0 unspecified atom stereocenters. The normalized spacial score (nSPS) is 13.1. The van der Waals surface area contributed by atoms with E-state index >= 15 is 0 Å². The summed E-state index contributed by atoms with van der Waals surface area (Å²) in [6.45, 7) is 0.947. The van der Waals surface area contributed by atoms with Crippen molar-refractivity contribution < 1.29 is 22.8 Å². The molecule has 7 heteroatoms. The van der Waals surface area contributed by atoms with E-state index in [0.29, 0.717) is 31.3 Å². The molecule has 2 heterocycles. The molecule has 1 aromatic heterocycles. The summed E-state index contributed by atoms with van der Waals surface area (Å²) in [4.78, 5) is 26.4. The van der Waals surface area contributed by atoms with Gasteiger partial charge in [0.05, 0.1) is 11.8 Å². The van der Waals surface area contributed by atoms with Crippen LogP contribution in [-0.2, 0) is 13.0 Å². The van der Waals surface area contributed by atoms with Crippen molar-refractivity contribution >= 4 is 17.5 Å². The van der Waals surface area contributed by atoms with Gasteiger partial charge in [-0.05, 0) is 53.9 Å². The molecule has 1 N–H and O–H groups in total. The van der Waals surface area contributed by atoms with Crippen molar-refractivity contribution in [3.63, 3.8) is 0 Å². The number of hydrogen-bond donors (Lipinski definition) is 1. The molecule has 0 bridgehead atoms. The zero-order chi connectivity index (χ0) is 19.7. The number of halogens is 2. The highest BCUT2D eigenvalue weighted by molar-refractivity contribution is 6.04. The number of furan rings is 1. The number of benzene rings is 2.